The lowest BCUT2D eigenvalue weighted by atomic mass is 9.94. The minimum absolute atomic E-state index is 0.0998. The highest BCUT2D eigenvalue weighted by Crippen LogP contribution is 2.53. The van der Waals surface area contributed by atoms with Crippen LogP contribution in [0.1, 0.15) is 18.2 Å². The Morgan fingerprint density at radius 3 is 2.63 bits per heavy atom. The van der Waals surface area contributed by atoms with E-state index in [2.05, 4.69) is 4.98 Å². The highest BCUT2D eigenvalue weighted by molar-refractivity contribution is 8.02. The number of carbonyl (C=O) groups excluding carboxylic acids is 2. The van der Waals surface area contributed by atoms with Crippen LogP contribution >= 0.6 is 11.8 Å². The number of pyridine rings is 1. The van der Waals surface area contributed by atoms with Crippen LogP contribution in [0, 0.1) is 0 Å². The summed E-state index contributed by atoms with van der Waals surface area (Å²) in [5.41, 5.74) is 1.96. The van der Waals surface area contributed by atoms with Gasteiger partial charge in [-0.1, -0.05) is 36.4 Å². The van der Waals surface area contributed by atoms with Gasteiger partial charge in [-0.25, -0.2) is 4.79 Å². The summed E-state index contributed by atoms with van der Waals surface area (Å²) in [6.45, 7) is 1.62. The highest BCUT2D eigenvalue weighted by Gasteiger charge is 2.63. The Hall–Kier alpha value is -3.13. The largest absolute Gasteiger partial charge is 0.480 e. The average Bonchev–Trinajstić information content (AvgIpc) is 3.02. The van der Waals surface area contributed by atoms with Gasteiger partial charge in [-0.3, -0.25) is 14.6 Å². The SMILES string of the molecule is C[C@@]1(COC(=O)Cc2ccccc2)S[C@@H]2/C(=C\c3ccccn3)C(=O)N2[C@H]1C(=O)O. The molecule has 1 N–H and O–H groups in total. The summed E-state index contributed by atoms with van der Waals surface area (Å²) < 4.78 is 4.47. The van der Waals surface area contributed by atoms with Crippen LogP contribution in [-0.4, -0.2) is 55.6 Å². The van der Waals surface area contributed by atoms with Gasteiger partial charge < -0.3 is 14.7 Å². The van der Waals surface area contributed by atoms with Crippen molar-refractivity contribution in [2.45, 2.75) is 29.5 Å². The Morgan fingerprint density at radius 1 is 1.23 bits per heavy atom. The van der Waals surface area contributed by atoms with E-state index < -0.39 is 28.1 Å². The maximum absolute atomic E-state index is 12.7. The molecule has 3 atom stereocenters. The predicted molar refractivity (Wildman–Crippen MR) is 111 cm³/mol. The number of benzene rings is 1. The number of esters is 1. The summed E-state index contributed by atoms with van der Waals surface area (Å²) in [7, 11) is 0. The first-order chi connectivity index (χ1) is 14.4. The second-order valence-electron chi connectivity index (χ2n) is 7.41. The number of carbonyl (C=O) groups is 3. The molecule has 0 radical (unpaired) electrons. The third-order valence-electron chi connectivity index (χ3n) is 5.17. The third-order valence-corrected chi connectivity index (χ3v) is 6.76. The van der Waals surface area contributed by atoms with E-state index in [4.69, 9.17) is 4.74 Å². The molecule has 0 unspecified atom stereocenters. The highest BCUT2D eigenvalue weighted by atomic mass is 32.2. The van der Waals surface area contributed by atoms with E-state index in [0.29, 0.717) is 11.3 Å². The van der Waals surface area contributed by atoms with Gasteiger partial charge in [0, 0.05) is 6.20 Å². The Labute approximate surface area is 177 Å². The molecule has 7 nitrogen and oxygen atoms in total. The number of aromatic nitrogens is 1. The third kappa shape index (κ3) is 3.70. The molecule has 0 saturated carbocycles. The number of carboxylic acids is 1. The van der Waals surface area contributed by atoms with E-state index in [1.807, 2.05) is 36.4 Å². The molecule has 30 heavy (non-hydrogen) atoms. The molecule has 1 aromatic carbocycles. The Balaban J connectivity index is 1.49. The van der Waals surface area contributed by atoms with Gasteiger partial charge in [0.15, 0.2) is 0 Å². The van der Waals surface area contributed by atoms with Crippen LogP contribution in [0.2, 0.25) is 0 Å². The Kier molecular flexibility index (Phi) is 5.34. The van der Waals surface area contributed by atoms with E-state index in [0.717, 1.165) is 5.56 Å². The molecule has 8 heteroatoms. The Bertz CT molecular complexity index is 1010. The maximum Gasteiger partial charge on any atom is 0.328 e. The van der Waals surface area contributed by atoms with Crippen molar-refractivity contribution < 1.29 is 24.2 Å². The number of hydrogen-bond donors (Lipinski definition) is 1. The topological polar surface area (TPSA) is 96.8 Å². The zero-order valence-electron chi connectivity index (χ0n) is 16.2. The molecule has 2 aliphatic heterocycles. The maximum atomic E-state index is 12.7. The van der Waals surface area contributed by atoms with Crippen molar-refractivity contribution >= 4 is 35.7 Å². The average molecular weight is 424 g/mol. The van der Waals surface area contributed by atoms with Crippen molar-refractivity contribution in [2.75, 3.05) is 6.61 Å². The van der Waals surface area contributed by atoms with Gasteiger partial charge in [0.1, 0.15) is 18.0 Å². The van der Waals surface area contributed by atoms with E-state index in [1.54, 1.807) is 31.3 Å². The smallest absolute Gasteiger partial charge is 0.328 e. The van der Waals surface area contributed by atoms with Crippen LogP contribution in [0.4, 0.5) is 0 Å². The van der Waals surface area contributed by atoms with Gasteiger partial charge in [-0.05, 0) is 30.7 Å². The summed E-state index contributed by atoms with van der Waals surface area (Å²) in [5, 5.41) is 9.38. The molecule has 2 fully saturated rings. The minimum Gasteiger partial charge on any atom is -0.480 e. The van der Waals surface area contributed by atoms with Crippen molar-refractivity contribution in [3.8, 4) is 0 Å². The summed E-state index contributed by atoms with van der Waals surface area (Å²) in [5.74, 6) is -1.88. The molecule has 0 spiro atoms. The Morgan fingerprint density at radius 2 is 1.97 bits per heavy atom. The van der Waals surface area contributed by atoms with Gasteiger partial charge in [-0.2, -0.15) is 0 Å². The minimum atomic E-state index is -1.11. The molecule has 2 saturated heterocycles. The second kappa shape index (κ2) is 7.95. The van der Waals surface area contributed by atoms with Crippen molar-refractivity contribution in [3.63, 3.8) is 0 Å². The van der Waals surface area contributed by atoms with Gasteiger partial charge in [0.25, 0.3) is 5.91 Å². The number of β-lactam (4-membered cyclic amide) rings is 1. The molecule has 2 aromatic rings. The number of thioether (sulfide) groups is 1. The first kappa shape index (κ1) is 20.2. The predicted octanol–water partition coefficient (Wildman–Crippen LogP) is 2.38. The van der Waals surface area contributed by atoms with Crippen LogP contribution in [0.5, 0.6) is 0 Å². The standard InChI is InChI=1S/C22H20N2O5S/c1-22(13-29-17(25)11-14-7-3-2-4-8-14)18(21(27)28)24-19(26)16(20(24)30-22)12-15-9-5-6-10-23-15/h2-10,12,18,20H,11,13H2,1H3,(H,27,28)/b16-12-/t18-,20+,22-/m0/s1. The fraction of sp³-hybridized carbons (Fsp3) is 0.273. The number of ether oxygens (including phenoxy) is 1. The van der Waals surface area contributed by atoms with Gasteiger partial charge in [-0.15, -0.1) is 11.8 Å². The lowest BCUT2D eigenvalue weighted by molar-refractivity contribution is -0.155. The summed E-state index contributed by atoms with van der Waals surface area (Å²) >= 11 is 1.33. The van der Waals surface area contributed by atoms with E-state index in [9.17, 15) is 19.5 Å². The fourth-order valence-corrected chi connectivity index (χ4v) is 5.32. The zero-order valence-corrected chi connectivity index (χ0v) is 17.0. The van der Waals surface area contributed by atoms with E-state index in [1.165, 1.54) is 16.7 Å². The lowest BCUT2D eigenvalue weighted by Crippen LogP contribution is -2.59. The first-order valence-corrected chi connectivity index (χ1v) is 10.3. The van der Waals surface area contributed by atoms with Crippen LogP contribution in [-0.2, 0) is 25.5 Å². The van der Waals surface area contributed by atoms with Crippen LogP contribution in [0.25, 0.3) is 6.08 Å². The number of amides is 1. The van der Waals surface area contributed by atoms with Gasteiger partial charge in [0.2, 0.25) is 0 Å². The summed E-state index contributed by atoms with van der Waals surface area (Å²) in [6, 6.07) is 13.5. The fourth-order valence-electron chi connectivity index (χ4n) is 3.72. The molecular formula is C22H20N2O5S. The quantitative estimate of drug-likeness (QED) is 0.432. The van der Waals surface area contributed by atoms with Gasteiger partial charge >= 0.3 is 11.9 Å². The van der Waals surface area contributed by atoms with Gasteiger partial charge in [0.05, 0.1) is 22.4 Å². The molecule has 0 aliphatic carbocycles. The molecule has 3 heterocycles. The van der Waals surface area contributed by atoms with Crippen LogP contribution < -0.4 is 0 Å². The summed E-state index contributed by atoms with van der Waals surface area (Å²) in [6.07, 6.45) is 3.42. The van der Waals surface area contributed by atoms with Crippen molar-refractivity contribution in [3.05, 3.63) is 71.6 Å². The number of carboxylic acid groups (broad SMARTS) is 1. The number of hydrogen-bond acceptors (Lipinski definition) is 6. The molecular weight excluding hydrogens is 404 g/mol. The molecule has 4 rings (SSSR count). The number of fused-ring (bicyclic) bond motifs is 1. The molecule has 154 valence electrons. The monoisotopic (exact) mass is 424 g/mol. The van der Waals surface area contributed by atoms with E-state index in [-0.39, 0.29) is 18.9 Å². The van der Waals surface area contributed by atoms with Crippen molar-refractivity contribution in [2.24, 2.45) is 0 Å². The lowest BCUT2D eigenvalue weighted by Gasteiger charge is -2.39. The van der Waals surface area contributed by atoms with E-state index >= 15 is 0 Å². The first-order valence-electron chi connectivity index (χ1n) is 9.44. The molecule has 1 aromatic heterocycles. The molecule has 0 bridgehead atoms. The van der Waals surface area contributed by atoms with Crippen LogP contribution in [0.15, 0.2) is 60.3 Å². The van der Waals surface area contributed by atoms with Crippen LogP contribution in [0.3, 0.4) is 0 Å². The summed E-state index contributed by atoms with van der Waals surface area (Å²) in [4.78, 5) is 42.5. The zero-order chi connectivity index (χ0) is 21.3. The molecule has 2 aliphatic rings. The van der Waals surface area contributed by atoms with Crippen molar-refractivity contribution in [1.29, 1.82) is 0 Å². The number of aliphatic carboxylic acids is 1. The number of nitrogens with zero attached hydrogens (tertiary/aromatic N) is 2. The normalized spacial score (nSPS) is 26.2. The second-order valence-corrected chi connectivity index (χ2v) is 9.03. The number of rotatable bonds is 6. The molecule has 1 amide bonds. The van der Waals surface area contributed by atoms with Crippen molar-refractivity contribution in [1.82, 2.24) is 9.88 Å².